The van der Waals surface area contributed by atoms with Gasteiger partial charge in [-0.2, -0.15) is 0 Å². The van der Waals surface area contributed by atoms with Crippen LogP contribution in [0.4, 0.5) is 34.1 Å². The van der Waals surface area contributed by atoms with E-state index < -0.39 is 0 Å². The summed E-state index contributed by atoms with van der Waals surface area (Å²) in [6, 6.07) is 78.4. The topological polar surface area (TPSA) is 39.9 Å². The maximum Gasteiger partial charge on any atom is 0.159 e. The molecular formula is C80H70N2O2. The fraction of sp³-hybridized carbons (Fsp3) is 0.200. The van der Waals surface area contributed by atoms with Gasteiger partial charge in [-0.25, -0.2) is 0 Å². The Balaban J connectivity index is 1.02. The van der Waals surface area contributed by atoms with E-state index in [4.69, 9.17) is 4.42 Å². The number of anilines is 6. The zero-order valence-electron chi connectivity index (χ0n) is 48.7. The molecule has 13 aromatic rings. The summed E-state index contributed by atoms with van der Waals surface area (Å²) in [5.41, 5.74) is 21.9. The molecule has 1 heterocycles. The molecule has 2 fully saturated rings. The van der Waals surface area contributed by atoms with Crippen LogP contribution in [0.1, 0.15) is 109 Å². The first kappa shape index (κ1) is 51.7. The molecule has 0 amide bonds. The molecule has 1 N–H and O–H groups in total. The van der Waals surface area contributed by atoms with Crippen molar-refractivity contribution >= 4 is 88.4 Å². The Bertz CT molecular complexity index is 4660. The SMILES string of the molecule is Cc1cccc(N(c2cccc(-c3cccc(-c4ccccc4C)c3)c2O)c2cc(C3CCCCC3)c3ccc4c(N(c5cccc(C)c5)c5cccc6c5oc5c(-c7ccccc7C)cccc56)cc(C5CCCCC5)c5ccc2c3c54)c1. The predicted octanol–water partition coefficient (Wildman–Crippen LogP) is 23.5. The van der Waals surface area contributed by atoms with Gasteiger partial charge in [0.1, 0.15) is 11.3 Å². The first-order valence-electron chi connectivity index (χ1n) is 30.8. The summed E-state index contributed by atoms with van der Waals surface area (Å²) in [7, 11) is 0. The number of para-hydroxylation sites is 3. The van der Waals surface area contributed by atoms with E-state index in [-0.39, 0.29) is 5.75 Å². The molecule has 1 aromatic heterocycles. The van der Waals surface area contributed by atoms with Gasteiger partial charge in [-0.3, -0.25) is 0 Å². The molecule has 4 heteroatoms. The monoisotopic (exact) mass is 1090 g/mol. The van der Waals surface area contributed by atoms with Crippen molar-refractivity contribution in [3.63, 3.8) is 0 Å². The van der Waals surface area contributed by atoms with Gasteiger partial charge in [0.2, 0.25) is 0 Å². The third kappa shape index (κ3) is 8.80. The molecule has 15 rings (SSSR count). The van der Waals surface area contributed by atoms with Crippen molar-refractivity contribution in [3.05, 3.63) is 246 Å². The fourth-order valence-corrected chi connectivity index (χ4v) is 15.0. The van der Waals surface area contributed by atoms with Gasteiger partial charge in [-0.1, -0.05) is 196 Å². The molecule has 0 radical (unpaired) electrons. The maximum atomic E-state index is 13.1. The largest absolute Gasteiger partial charge is 0.505 e. The summed E-state index contributed by atoms with van der Waals surface area (Å²) in [6.45, 7) is 8.74. The summed E-state index contributed by atoms with van der Waals surface area (Å²) in [6.07, 6.45) is 12.1. The average molecular weight is 1090 g/mol. The molecule has 2 aliphatic rings. The van der Waals surface area contributed by atoms with Gasteiger partial charge in [0.15, 0.2) is 5.58 Å². The second-order valence-electron chi connectivity index (χ2n) is 24.4. The minimum Gasteiger partial charge on any atom is -0.505 e. The quantitative estimate of drug-likeness (QED) is 0.131. The van der Waals surface area contributed by atoms with Gasteiger partial charge in [0.05, 0.1) is 22.7 Å². The number of fused-ring (bicyclic) bond motifs is 3. The zero-order chi connectivity index (χ0) is 56.6. The van der Waals surface area contributed by atoms with Crippen molar-refractivity contribution < 1.29 is 9.52 Å². The van der Waals surface area contributed by atoms with E-state index in [0.29, 0.717) is 11.8 Å². The van der Waals surface area contributed by atoms with Crippen molar-refractivity contribution in [1.29, 1.82) is 0 Å². The molecule has 0 unspecified atom stereocenters. The minimum atomic E-state index is 0.257. The van der Waals surface area contributed by atoms with E-state index in [9.17, 15) is 5.11 Å². The Labute approximate surface area is 493 Å². The summed E-state index contributed by atoms with van der Waals surface area (Å²) in [5.74, 6) is 1.05. The average Bonchev–Trinajstić information content (AvgIpc) is 0.808. The fourth-order valence-electron chi connectivity index (χ4n) is 15.0. The molecule has 12 aromatic carbocycles. The van der Waals surface area contributed by atoms with E-state index in [1.165, 1.54) is 110 Å². The van der Waals surface area contributed by atoms with Gasteiger partial charge in [-0.05, 0) is 197 Å². The van der Waals surface area contributed by atoms with E-state index in [0.717, 1.165) is 110 Å². The number of aromatic hydroxyl groups is 1. The molecule has 2 aliphatic carbocycles. The molecule has 4 nitrogen and oxygen atoms in total. The number of rotatable bonds is 11. The molecule has 84 heavy (non-hydrogen) atoms. The highest BCUT2D eigenvalue weighted by atomic mass is 16.3. The Hall–Kier alpha value is -9.12. The number of phenols is 1. The second kappa shape index (κ2) is 21.3. The third-order valence-corrected chi connectivity index (χ3v) is 19.1. The van der Waals surface area contributed by atoms with Gasteiger partial charge in [0.25, 0.3) is 0 Å². The van der Waals surface area contributed by atoms with Crippen molar-refractivity contribution in [2.75, 3.05) is 9.80 Å². The number of aryl methyl sites for hydroxylation is 4. The summed E-state index contributed by atoms with van der Waals surface area (Å²) >= 11 is 0. The summed E-state index contributed by atoms with van der Waals surface area (Å²) in [4.78, 5) is 4.91. The number of hydrogen-bond donors (Lipinski definition) is 1. The van der Waals surface area contributed by atoms with Crippen LogP contribution >= 0.6 is 0 Å². The van der Waals surface area contributed by atoms with Crippen molar-refractivity contribution in [1.82, 2.24) is 0 Å². The third-order valence-electron chi connectivity index (χ3n) is 19.1. The molecule has 2 saturated carbocycles. The van der Waals surface area contributed by atoms with E-state index in [1.54, 1.807) is 0 Å². The van der Waals surface area contributed by atoms with Gasteiger partial charge in [0, 0.05) is 44.0 Å². The molecule has 0 spiro atoms. The van der Waals surface area contributed by atoms with Crippen LogP contribution in [0.15, 0.2) is 217 Å². The maximum absolute atomic E-state index is 13.1. The lowest BCUT2D eigenvalue weighted by molar-refractivity contribution is 0.445. The molecule has 0 aliphatic heterocycles. The smallest absolute Gasteiger partial charge is 0.159 e. The minimum absolute atomic E-state index is 0.257. The number of phenolic OH excluding ortho intramolecular Hbond substituents is 1. The summed E-state index contributed by atoms with van der Waals surface area (Å²) < 4.78 is 7.38. The van der Waals surface area contributed by atoms with Crippen LogP contribution in [0.2, 0.25) is 0 Å². The van der Waals surface area contributed by atoms with Crippen LogP contribution in [0.5, 0.6) is 5.75 Å². The number of hydrogen-bond acceptors (Lipinski definition) is 4. The molecule has 0 atom stereocenters. The predicted molar refractivity (Wildman–Crippen MR) is 355 cm³/mol. The first-order chi connectivity index (χ1) is 41.3. The van der Waals surface area contributed by atoms with Crippen LogP contribution in [0, 0.1) is 27.7 Å². The highest BCUT2D eigenvalue weighted by Gasteiger charge is 2.31. The van der Waals surface area contributed by atoms with Gasteiger partial charge >= 0.3 is 0 Å². The van der Waals surface area contributed by atoms with Gasteiger partial charge in [-0.15, -0.1) is 0 Å². The Kier molecular flexibility index (Phi) is 13.1. The highest BCUT2D eigenvalue weighted by Crippen LogP contribution is 2.55. The number of furan rings is 1. The van der Waals surface area contributed by atoms with Gasteiger partial charge < -0.3 is 19.3 Å². The van der Waals surface area contributed by atoms with Crippen molar-refractivity contribution in [2.45, 2.75) is 104 Å². The lowest BCUT2D eigenvalue weighted by atomic mass is 9.77. The van der Waals surface area contributed by atoms with E-state index in [1.807, 2.05) is 0 Å². The normalized spacial score (nSPS) is 14.4. The second-order valence-corrected chi connectivity index (χ2v) is 24.4. The Morgan fingerprint density at radius 2 is 0.798 bits per heavy atom. The lowest BCUT2D eigenvalue weighted by Gasteiger charge is -2.33. The van der Waals surface area contributed by atoms with E-state index >= 15 is 0 Å². The summed E-state index contributed by atoms with van der Waals surface area (Å²) in [5, 5.41) is 23.1. The first-order valence-corrected chi connectivity index (χ1v) is 30.8. The van der Waals surface area contributed by atoms with Crippen LogP contribution in [0.25, 0.3) is 87.6 Å². The molecule has 0 saturated heterocycles. The van der Waals surface area contributed by atoms with E-state index in [2.05, 4.69) is 250 Å². The lowest BCUT2D eigenvalue weighted by Crippen LogP contribution is -2.15. The number of nitrogens with zero attached hydrogens (tertiary/aromatic N) is 2. The van der Waals surface area contributed by atoms with Crippen molar-refractivity contribution in [2.24, 2.45) is 0 Å². The molecule has 0 bridgehead atoms. The molecule has 412 valence electrons. The highest BCUT2D eigenvalue weighted by molar-refractivity contribution is 6.30. The molecular weight excluding hydrogens is 1020 g/mol. The van der Waals surface area contributed by atoms with Crippen LogP contribution in [-0.4, -0.2) is 5.11 Å². The Morgan fingerprint density at radius 3 is 1.38 bits per heavy atom. The zero-order valence-corrected chi connectivity index (χ0v) is 48.7. The Morgan fingerprint density at radius 1 is 0.345 bits per heavy atom. The number of benzene rings is 12. The van der Waals surface area contributed by atoms with Crippen LogP contribution < -0.4 is 9.80 Å². The van der Waals surface area contributed by atoms with Crippen LogP contribution in [0.3, 0.4) is 0 Å². The van der Waals surface area contributed by atoms with Crippen LogP contribution in [-0.2, 0) is 0 Å². The standard InChI is InChI=1S/C80H70N2O2/c1-50-21-15-31-58(45-50)81(72-39-19-35-62(78(72)83)57-30-17-29-56(47-57)60-33-13-11-23-52(60)3)74-48-70(54-25-7-5-8-26-54)63-42-44-69-75(49-71(55-27-9-6-10-28-55)64-41-43-68(74)76(63)77(64)69)82(59-32-16-22-51(2)46-59)73-40-20-38-67-66-37-18-36-65(79(66)84-80(67)73)61-34-14-12-24-53(61)4/h11-24,29-49,54-55,83H,5-10,25-28H2,1-4H3. The van der Waals surface area contributed by atoms with Crippen molar-refractivity contribution in [3.8, 4) is 39.1 Å².